The van der Waals surface area contributed by atoms with Crippen LogP contribution in [0.5, 0.6) is 0 Å². The molecule has 6 rings (SSSR count). The second-order valence-corrected chi connectivity index (χ2v) is 8.48. The van der Waals surface area contributed by atoms with E-state index in [9.17, 15) is 0 Å². The molecule has 1 saturated carbocycles. The van der Waals surface area contributed by atoms with Gasteiger partial charge in [-0.1, -0.05) is 30.6 Å². The molecule has 0 unspecified atom stereocenters. The molecule has 4 nitrogen and oxygen atoms in total. The van der Waals surface area contributed by atoms with Gasteiger partial charge in [0.2, 0.25) is 0 Å². The summed E-state index contributed by atoms with van der Waals surface area (Å²) in [5.41, 5.74) is 2.29. The molecule has 0 radical (unpaired) electrons. The Morgan fingerprint density at radius 1 is 1.29 bits per heavy atom. The second-order valence-electron chi connectivity index (χ2n) is 8.07. The summed E-state index contributed by atoms with van der Waals surface area (Å²) in [5, 5.41) is 10.0. The number of fused-ring (bicyclic) bond motifs is 3. The summed E-state index contributed by atoms with van der Waals surface area (Å²) in [4.78, 5) is 2.71. The van der Waals surface area contributed by atoms with Gasteiger partial charge in [0.1, 0.15) is 0 Å². The lowest BCUT2D eigenvalue weighted by atomic mass is 9.77. The van der Waals surface area contributed by atoms with Crippen molar-refractivity contribution < 1.29 is 4.52 Å². The van der Waals surface area contributed by atoms with Gasteiger partial charge in [0.25, 0.3) is 0 Å². The number of benzene rings is 1. The number of anilines is 1. The lowest BCUT2D eigenvalue weighted by Crippen LogP contribution is -2.62. The molecule has 1 N–H and O–H groups in total. The van der Waals surface area contributed by atoms with Gasteiger partial charge in [0.15, 0.2) is 11.4 Å². The van der Waals surface area contributed by atoms with Gasteiger partial charge in [-0.15, -0.1) is 0 Å². The lowest BCUT2D eigenvalue weighted by molar-refractivity contribution is 0.0202. The molecule has 3 aliphatic heterocycles. The van der Waals surface area contributed by atoms with E-state index in [1.165, 1.54) is 38.8 Å². The fraction of sp³-hybridized carbons (Fsp3) is 0.632. The maximum absolute atomic E-state index is 6.39. The number of hydrogen-bond acceptors (Lipinski definition) is 4. The van der Waals surface area contributed by atoms with E-state index in [-0.39, 0.29) is 0 Å². The highest BCUT2D eigenvalue weighted by molar-refractivity contribution is 6.32. The monoisotopic (exact) mass is 345 g/mol. The zero-order valence-corrected chi connectivity index (χ0v) is 15.1. The van der Waals surface area contributed by atoms with Gasteiger partial charge < -0.3 is 9.84 Å². The van der Waals surface area contributed by atoms with Gasteiger partial charge in [0, 0.05) is 22.2 Å². The molecule has 3 saturated heterocycles. The summed E-state index contributed by atoms with van der Waals surface area (Å²) in [6, 6.07) is 4.53. The molecule has 128 valence electrons. The average Bonchev–Trinajstić information content (AvgIpc) is 3.25. The van der Waals surface area contributed by atoms with E-state index < -0.39 is 0 Å². The van der Waals surface area contributed by atoms with Crippen molar-refractivity contribution in [3.63, 3.8) is 0 Å². The number of rotatable bonds is 3. The van der Waals surface area contributed by atoms with E-state index in [0.29, 0.717) is 17.5 Å². The summed E-state index contributed by atoms with van der Waals surface area (Å²) < 4.78 is 5.72. The van der Waals surface area contributed by atoms with Crippen LogP contribution in [0.2, 0.25) is 5.02 Å². The Kier molecular flexibility index (Phi) is 3.21. The third kappa shape index (κ3) is 1.99. The molecule has 4 aliphatic rings. The SMILES string of the molecule is CC(C)c1c(Cl)ccc2c(N[C@H]3C4CCN(CC4)C34CC4)noc12. The molecular formula is C19H24ClN3O. The van der Waals surface area contributed by atoms with Crippen LogP contribution in [0.15, 0.2) is 16.7 Å². The summed E-state index contributed by atoms with van der Waals surface area (Å²) >= 11 is 6.39. The number of aromatic nitrogens is 1. The van der Waals surface area contributed by atoms with Crippen LogP contribution in [-0.2, 0) is 0 Å². The summed E-state index contributed by atoms with van der Waals surface area (Å²) in [5.74, 6) is 1.98. The molecule has 2 aromatic rings. The average molecular weight is 346 g/mol. The van der Waals surface area contributed by atoms with Gasteiger partial charge in [-0.3, -0.25) is 4.90 Å². The van der Waals surface area contributed by atoms with Gasteiger partial charge in [0.05, 0.1) is 5.39 Å². The zero-order valence-electron chi connectivity index (χ0n) is 14.3. The molecule has 1 atom stereocenters. The number of piperidine rings is 3. The minimum absolute atomic E-state index is 0.313. The Balaban J connectivity index is 1.53. The molecule has 0 amide bonds. The van der Waals surface area contributed by atoms with E-state index >= 15 is 0 Å². The first-order chi connectivity index (χ1) is 11.6. The van der Waals surface area contributed by atoms with Crippen LogP contribution in [0.1, 0.15) is 51.0 Å². The zero-order chi connectivity index (χ0) is 16.5. The third-order valence-electron chi connectivity index (χ3n) is 6.48. The molecule has 1 aromatic carbocycles. The Morgan fingerprint density at radius 3 is 2.71 bits per heavy atom. The highest BCUT2D eigenvalue weighted by Gasteiger charge is 2.60. The second kappa shape index (κ2) is 5.12. The van der Waals surface area contributed by atoms with Crippen LogP contribution in [0.25, 0.3) is 11.0 Å². The van der Waals surface area contributed by atoms with Crippen LogP contribution < -0.4 is 5.32 Å². The molecule has 4 fully saturated rings. The van der Waals surface area contributed by atoms with Crippen LogP contribution >= 0.6 is 11.6 Å². The molecular weight excluding hydrogens is 322 g/mol. The number of halogens is 1. The van der Waals surface area contributed by atoms with Crippen LogP contribution in [-0.4, -0.2) is 34.7 Å². The van der Waals surface area contributed by atoms with E-state index in [2.05, 4.69) is 29.2 Å². The standard InChI is InChI=1S/C19H24ClN3O/c1-11(2)15-14(20)4-3-13-16(15)24-22-18(13)21-17-12-5-9-23(10-6-12)19(17)7-8-19/h3-4,11-12,17H,5-10H2,1-2H3,(H,21,22)/t17-/m0/s1. The van der Waals surface area contributed by atoms with Crippen molar-refractivity contribution in [3.8, 4) is 0 Å². The van der Waals surface area contributed by atoms with Crippen molar-refractivity contribution in [2.45, 2.75) is 57.0 Å². The fourth-order valence-corrected chi connectivity index (χ4v) is 5.48. The van der Waals surface area contributed by atoms with E-state index in [1.54, 1.807) is 0 Å². The Morgan fingerprint density at radius 2 is 2.04 bits per heavy atom. The maximum atomic E-state index is 6.39. The summed E-state index contributed by atoms with van der Waals surface area (Å²) in [6.07, 6.45) is 5.25. The predicted molar refractivity (Wildman–Crippen MR) is 96.8 cm³/mol. The molecule has 4 heterocycles. The highest BCUT2D eigenvalue weighted by atomic mass is 35.5. The van der Waals surface area contributed by atoms with Crippen LogP contribution in [0.4, 0.5) is 5.82 Å². The molecule has 1 aliphatic carbocycles. The first kappa shape index (κ1) is 15.0. The number of nitrogens with zero attached hydrogens (tertiary/aromatic N) is 2. The molecule has 1 aromatic heterocycles. The minimum atomic E-state index is 0.313. The van der Waals surface area contributed by atoms with Crippen molar-refractivity contribution in [2.75, 3.05) is 18.4 Å². The van der Waals surface area contributed by atoms with Crippen molar-refractivity contribution in [3.05, 3.63) is 22.7 Å². The van der Waals surface area contributed by atoms with Gasteiger partial charge in [-0.2, -0.15) is 0 Å². The van der Waals surface area contributed by atoms with E-state index in [4.69, 9.17) is 16.1 Å². The summed E-state index contributed by atoms with van der Waals surface area (Å²) in [6.45, 7) is 6.83. The first-order valence-electron chi connectivity index (χ1n) is 9.19. The fourth-order valence-electron chi connectivity index (χ4n) is 5.11. The summed E-state index contributed by atoms with van der Waals surface area (Å²) in [7, 11) is 0. The van der Waals surface area contributed by atoms with E-state index in [0.717, 1.165) is 33.3 Å². The quantitative estimate of drug-likeness (QED) is 0.879. The maximum Gasteiger partial charge on any atom is 0.177 e. The molecule has 1 spiro atoms. The third-order valence-corrected chi connectivity index (χ3v) is 6.81. The topological polar surface area (TPSA) is 41.3 Å². The Labute approximate surface area is 147 Å². The molecule has 2 bridgehead atoms. The largest absolute Gasteiger partial charge is 0.362 e. The number of nitrogens with one attached hydrogen (secondary N) is 1. The van der Waals surface area contributed by atoms with Crippen LogP contribution in [0, 0.1) is 5.92 Å². The molecule has 24 heavy (non-hydrogen) atoms. The van der Waals surface area contributed by atoms with E-state index in [1.807, 2.05) is 12.1 Å². The predicted octanol–water partition coefficient (Wildman–Crippen LogP) is 4.64. The Hall–Kier alpha value is -1.26. The van der Waals surface area contributed by atoms with Gasteiger partial charge in [-0.25, -0.2) is 0 Å². The Bertz CT molecular complexity index is 787. The van der Waals surface area contributed by atoms with Gasteiger partial charge in [-0.05, 0) is 62.7 Å². The highest BCUT2D eigenvalue weighted by Crippen LogP contribution is 2.54. The van der Waals surface area contributed by atoms with Crippen LogP contribution in [0.3, 0.4) is 0 Å². The lowest BCUT2D eigenvalue weighted by Gasteiger charge is -2.52. The van der Waals surface area contributed by atoms with Crippen molar-refractivity contribution in [1.29, 1.82) is 0 Å². The molecule has 5 heteroatoms. The minimum Gasteiger partial charge on any atom is -0.362 e. The van der Waals surface area contributed by atoms with Crippen molar-refractivity contribution >= 4 is 28.4 Å². The number of hydrogen-bond donors (Lipinski definition) is 1. The van der Waals surface area contributed by atoms with Crippen molar-refractivity contribution in [1.82, 2.24) is 10.1 Å². The van der Waals surface area contributed by atoms with Gasteiger partial charge >= 0.3 is 0 Å². The first-order valence-corrected chi connectivity index (χ1v) is 9.57. The smallest absolute Gasteiger partial charge is 0.177 e. The van der Waals surface area contributed by atoms with Crippen molar-refractivity contribution in [2.24, 2.45) is 5.92 Å². The normalized spacial score (nSPS) is 30.4.